The normalized spacial score (nSPS) is 10.2. The first-order valence-corrected chi connectivity index (χ1v) is 9.57. The molecule has 0 saturated heterocycles. The average Bonchev–Trinajstić information content (AvgIpc) is 2.79. The van der Waals surface area contributed by atoms with Gasteiger partial charge in [-0.3, -0.25) is 4.79 Å². The van der Waals surface area contributed by atoms with Gasteiger partial charge in [0.15, 0.2) is 0 Å². The Morgan fingerprint density at radius 1 is 0.833 bits per heavy atom. The molecule has 0 aliphatic rings. The van der Waals surface area contributed by atoms with Gasteiger partial charge in [0.2, 0.25) is 5.91 Å². The van der Waals surface area contributed by atoms with Gasteiger partial charge in [-0.15, -0.1) is 0 Å². The first-order chi connectivity index (χ1) is 14.6. The zero-order valence-corrected chi connectivity index (χ0v) is 17.4. The molecule has 0 radical (unpaired) electrons. The molecular formula is C24H26N2O4. The van der Waals surface area contributed by atoms with Crippen LogP contribution in [0.4, 0.5) is 11.4 Å². The summed E-state index contributed by atoms with van der Waals surface area (Å²) in [4.78, 5) is 14.9. The Labute approximate surface area is 177 Å². The number of hydrogen-bond donors (Lipinski definition) is 1. The molecule has 0 heterocycles. The molecule has 1 N–H and O–H groups in total. The van der Waals surface area contributed by atoms with Crippen LogP contribution in [0, 0.1) is 0 Å². The summed E-state index contributed by atoms with van der Waals surface area (Å²) in [6, 6.07) is 23.0. The van der Waals surface area contributed by atoms with Gasteiger partial charge in [0.25, 0.3) is 0 Å². The number of nitrogens with zero attached hydrogens (tertiary/aromatic N) is 1. The maximum Gasteiger partial charge on any atom is 0.244 e. The third-order valence-electron chi connectivity index (χ3n) is 4.67. The second kappa shape index (κ2) is 10.2. The van der Waals surface area contributed by atoms with E-state index < -0.39 is 0 Å². The molecule has 6 nitrogen and oxygen atoms in total. The van der Waals surface area contributed by atoms with Gasteiger partial charge in [-0.2, -0.15) is 0 Å². The fourth-order valence-corrected chi connectivity index (χ4v) is 3.10. The van der Waals surface area contributed by atoms with E-state index in [1.165, 1.54) is 0 Å². The standard InChI is InChI=1S/C24H26N2O4/c1-28-20-11-9-19(10-12-20)26(16-18-7-5-4-6-8-18)17-24(27)25-22-14-13-21(29-2)15-23(22)30-3/h4-15H,16-17H2,1-3H3,(H,25,27). The molecule has 30 heavy (non-hydrogen) atoms. The van der Waals surface area contributed by atoms with Crippen molar-refractivity contribution in [2.75, 3.05) is 38.1 Å². The summed E-state index contributed by atoms with van der Waals surface area (Å²) in [5.41, 5.74) is 2.64. The highest BCUT2D eigenvalue weighted by Gasteiger charge is 2.15. The van der Waals surface area contributed by atoms with Crippen LogP contribution in [-0.4, -0.2) is 33.8 Å². The van der Waals surface area contributed by atoms with E-state index in [1.54, 1.807) is 39.5 Å². The smallest absolute Gasteiger partial charge is 0.244 e. The lowest BCUT2D eigenvalue weighted by atomic mass is 10.2. The van der Waals surface area contributed by atoms with E-state index in [9.17, 15) is 4.79 Å². The molecule has 0 unspecified atom stereocenters. The maximum atomic E-state index is 12.9. The Kier molecular flexibility index (Phi) is 7.16. The Hall–Kier alpha value is -3.67. The fourth-order valence-electron chi connectivity index (χ4n) is 3.10. The number of methoxy groups -OCH3 is 3. The van der Waals surface area contributed by atoms with Crippen molar-refractivity contribution in [3.05, 3.63) is 78.4 Å². The number of ether oxygens (including phenoxy) is 3. The van der Waals surface area contributed by atoms with Crippen LogP contribution >= 0.6 is 0 Å². The molecular weight excluding hydrogens is 380 g/mol. The number of carbonyl (C=O) groups is 1. The van der Waals surface area contributed by atoms with Gasteiger partial charge in [0, 0.05) is 18.3 Å². The minimum atomic E-state index is -0.148. The van der Waals surface area contributed by atoms with Gasteiger partial charge < -0.3 is 24.4 Å². The Morgan fingerprint density at radius 2 is 1.50 bits per heavy atom. The molecule has 0 spiro atoms. The number of benzene rings is 3. The summed E-state index contributed by atoms with van der Waals surface area (Å²) in [5.74, 6) is 1.83. The minimum Gasteiger partial charge on any atom is -0.497 e. The Balaban J connectivity index is 1.78. The number of amides is 1. The van der Waals surface area contributed by atoms with Crippen LogP contribution in [0.3, 0.4) is 0 Å². The second-order valence-corrected chi connectivity index (χ2v) is 6.65. The molecule has 0 atom stereocenters. The summed E-state index contributed by atoms with van der Waals surface area (Å²) in [7, 11) is 4.78. The minimum absolute atomic E-state index is 0.148. The summed E-state index contributed by atoms with van der Waals surface area (Å²) in [6.45, 7) is 0.775. The SMILES string of the molecule is COc1ccc(N(CC(=O)Nc2ccc(OC)cc2OC)Cc2ccccc2)cc1. The van der Waals surface area contributed by atoms with Crippen LogP contribution in [-0.2, 0) is 11.3 Å². The Morgan fingerprint density at radius 3 is 2.13 bits per heavy atom. The fraction of sp³-hybridized carbons (Fsp3) is 0.208. The molecule has 0 fully saturated rings. The van der Waals surface area contributed by atoms with E-state index in [1.807, 2.05) is 59.5 Å². The topological polar surface area (TPSA) is 60.0 Å². The first kappa shape index (κ1) is 21.0. The molecule has 3 aromatic carbocycles. The van der Waals surface area contributed by atoms with Crippen molar-refractivity contribution in [2.24, 2.45) is 0 Å². The van der Waals surface area contributed by atoms with Gasteiger partial charge in [0.1, 0.15) is 17.2 Å². The largest absolute Gasteiger partial charge is 0.497 e. The molecule has 156 valence electrons. The Bertz CT molecular complexity index is 959. The maximum absolute atomic E-state index is 12.9. The van der Waals surface area contributed by atoms with Crippen LogP contribution in [0.1, 0.15) is 5.56 Å². The van der Waals surface area contributed by atoms with Crippen molar-refractivity contribution < 1.29 is 19.0 Å². The van der Waals surface area contributed by atoms with E-state index in [0.717, 1.165) is 17.0 Å². The quantitative estimate of drug-likeness (QED) is 0.572. The van der Waals surface area contributed by atoms with Gasteiger partial charge in [0.05, 0.1) is 33.6 Å². The highest BCUT2D eigenvalue weighted by Crippen LogP contribution is 2.29. The van der Waals surface area contributed by atoms with Gasteiger partial charge >= 0.3 is 0 Å². The van der Waals surface area contributed by atoms with Gasteiger partial charge in [-0.25, -0.2) is 0 Å². The highest BCUT2D eigenvalue weighted by atomic mass is 16.5. The van der Waals surface area contributed by atoms with Gasteiger partial charge in [-0.1, -0.05) is 30.3 Å². The second-order valence-electron chi connectivity index (χ2n) is 6.65. The summed E-state index contributed by atoms with van der Waals surface area (Å²) >= 11 is 0. The number of rotatable bonds is 9. The zero-order chi connectivity index (χ0) is 21.3. The van der Waals surface area contributed by atoms with Crippen molar-refractivity contribution in [2.45, 2.75) is 6.54 Å². The van der Waals surface area contributed by atoms with Crippen molar-refractivity contribution in [1.29, 1.82) is 0 Å². The first-order valence-electron chi connectivity index (χ1n) is 9.57. The van der Waals surface area contributed by atoms with Crippen LogP contribution in [0.5, 0.6) is 17.2 Å². The molecule has 1 amide bonds. The van der Waals surface area contributed by atoms with Crippen molar-refractivity contribution >= 4 is 17.3 Å². The predicted molar refractivity (Wildman–Crippen MR) is 119 cm³/mol. The van der Waals surface area contributed by atoms with E-state index in [-0.39, 0.29) is 12.5 Å². The molecule has 3 aromatic rings. The lowest BCUT2D eigenvalue weighted by Crippen LogP contribution is -2.33. The number of carbonyl (C=O) groups excluding carboxylic acids is 1. The molecule has 3 rings (SSSR count). The van der Waals surface area contributed by atoms with Crippen molar-refractivity contribution in [1.82, 2.24) is 0 Å². The lowest BCUT2D eigenvalue weighted by Gasteiger charge is -2.25. The van der Waals surface area contributed by atoms with Crippen molar-refractivity contribution in [3.63, 3.8) is 0 Å². The van der Waals surface area contributed by atoms with E-state index in [4.69, 9.17) is 14.2 Å². The van der Waals surface area contributed by atoms with Crippen LogP contribution < -0.4 is 24.4 Å². The summed E-state index contributed by atoms with van der Waals surface area (Å²) in [6.07, 6.45) is 0. The molecule has 0 aliphatic heterocycles. The lowest BCUT2D eigenvalue weighted by molar-refractivity contribution is -0.115. The van der Waals surface area contributed by atoms with Crippen LogP contribution in [0.15, 0.2) is 72.8 Å². The molecule has 0 bridgehead atoms. The van der Waals surface area contributed by atoms with E-state index in [2.05, 4.69) is 5.32 Å². The molecule has 6 heteroatoms. The highest BCUT2D eigenvalue weighted by molar-refractivity contribution is 5.95. The van der Waals surface area contributed by atoms with E-state index >= 15 is 0 Å². The number of anilines is 2. The average molecular weight is 406 g/mol. The number of nitrogens with one attached hydrogen (secondary N) is 1. The van der Waals surface area contributed by atoms with Crippen molar-refractivity contribution in [3.8, 4) is 17.2 Å². The monoisotopic (exact) mass is 406 g/mol. The summed E-state index contributed by atoms with van der Waals surface area (Å²) < 4.78 is 15.8. The van der Waals surface area contributed by atoms with Crippen LogP contribution in [0.2, 0.25) is 0 Å². The summed E-state index contributed by atoms with van der Waals surface area (Å²) in [5, 5.41) is 2.94. The number of hydrogen-bond acceptors (Lipinski definition) is 5. The van der Waals surface area contributed by atoms with Crippen LogP contribution in [0.25, 0.3) is 0 Å². The predicted octanol–water partition coefficient (Wildman–Crippen LogP) is 4.36. The molecule has 0 saturated carbocycles. The third kappa shape index (κ3) is 5.44. The van der Waals surface area contributed by atoms with Gasteiger partial charge in [-0.05, 0) is 42.0 Å². The third-order valence-corrected chi connectivity index (χ3v) is 4.67. The molecule has 0 aliphatic carbocycles. The molecule has 0 aromatic heterocycles. The zero-order valence-electron chi connectivity index (χ0n) is 17.4. The van der Waals surface area contributed by atoms with E-state index in [0.29, 0.717) is 23.7 Å².